The third kappa shape index (κ3) is 3.87. The zero-order valence-corrected chi connectivity index (χ0v) is 15.2. The Balaban J connectivity index is 1.74. The Morgan fingerprint density at radius 1 is 1.36 bits per heavy atom. The van der Waals surface area contributed by atoms with Crippen molar-refractivity contribution >= 4 is 61.5 Å². The summed E-state index contributed by atoms with van der Waals surface area (Å²) in [5.41, 5.74) is 0.578. The lowest BCUT2D eigenvalue weighted by Gasteiger charge is -2.07. The molecule has 1 aromatic heterocycles. The fraction of sp³-hybridized carbons (Fsp3) is 0.0625. The first-order valence-electron chi connectivity index (χ1n) is 6.99. The van der Waals surface area contributed by atoms with E-state index in [1.165, 1.54) is 36.6 Å². The van der Waals surface area contributed by atoms with Gasteiger partial charge in [0, 0.05) is 6.07 Å². The fourth-order valence-electron chi connectivity index (χ4n) is 2.08. The molecule has 0 atom stereocenters. The predicted molar refractivity (Wildman–Crippen MR) is 101 cm³/mol. The van der Waals surface area contributed by atoms with Gasteiger partial charge in [-0.25, -0.2) is 9.37 Å². The number of aromatic nitrogens is 1. The van der Waals surface area contributed by atoms with Crippen LogP contribution in [0, 0.1) is 5.82 Å². The molecule has 0 unspecified atom stereocenters. The van der Waals surface area contributed by atoms with E-state index >= 15 is 0 Å². The van der Waals surface area contributed by atoms with Gasteiger partial charge < -0.3 is 10.1 Å². The molecule has 0 saturated heterocycles. The van der Waals surface area contributed by atoms with Gasteiger partial charge in [-0.15, -0.1) is 0 Å². The van der Waals surface area contributed by atoms with Crippen LogP contribution in [-0.4, -0.2) is 23.1 Å². The van der Waals surface area contributed by atoms with Crippen LogP contribution < -0.4 is 15.4 Å². The standard InChI is InChI=1S/C16H11ClFN3O2S2/c1-23-12-7-13-11(6-9(12)17)19-16(25-13)21-15(24)20-14(22)8-4-2-3-5-10(8)18/h2-7H,1H3,(H2,19,20,21,22,24). The molecule has 0 aliphatic rings. The Hall–Kier alpha value is -2.29. The number of carbonyl (C=O) groups is 1. The summed E-state index contributed by atoms with van der Waals surface area (Å²) in [7, 11) is 1.53. The van der Waals surface area contributed by atoms with Crippen molar-refractivity contribution < 1.29 is 13.9 Å². The SMILES string of the molecule is COc1cc2sc(NC(=S)NC(=O)c3ccccc3F)nc2cc1Cl. The van der Waals surface area contributed by atoms with Gasteiger partial charge in [0.1, 0.15) is 11.6 Å². The lowest BCUT2D eigenvalue weighted by Crippen LogP contribution is -2.34. The largest absolute Gasteiger partial charge is 0.495 e. The number of hydrogen-bond acceptors (Lipinski definition) is 5. The smallest absolute Gasteiger partial charge is 0.260 e. The minimum Gasteiger partial charge on any atom is -0.495 e. The van der Waals surface area contributed by atoms with Gasteiger partial charge in [0.15, 0.2) is 10.2 Å². The van der Waals surface area contributed by atoms with E-state index in [9.17, 15) is 9.18 Å². The van der Waals surface area contributed by atoms with Crippen LogP contribution in [-0.2, 0) is 0 Å². The number of fused-ring (bicyclic) bond motifs is 1. The lowest BCUT2D eigenvalue weighted by molar-refractivity contribution is 0.0974. The van der Waals surface area contributed by atoms with Gasteiger partial charge in [0.25, 0.3) is 5.91 Å². The summed E-state index contributed by atoms with van der Waals surface area (Å²) in [6.07, 6.45) is 0. The molecule has 0 saturated carbocycles. The van der Waals surface area contributed by atoms with Crippen molar-refractivity contribution in [2.75, 3.05) is 12.4 Å². The van der Waals surface area contributed by atoms with Crippen molar-refractivity contribution in [2.24, 2.45) is 0 Å². The third-order valence-corrected chi connectivity index (χ3v) is 4.66. The van der Waals surface area contributed by atoms with E-state index in [0.717, 1.165) is 4.70 Å². The number of thiocarbonyl (C=S) groups is 1. The third-order valence-electron chi connectivity index (χ3n) is 3.23. The molecular formula is C16H11ClFN3O2S2. The zero-order valence-electron chi connectivity index (χ0n) is 12.8. The van der Waals surface area contributed by atoms with Gasteiger partial charge in [-0.3, -0.25) is 10.1 Å². The van der Waals surface area contributed by atoms with Gasteiger partial charge in [0.2, 0.25) is 0 Å². The molecule has 25 heavy (non-hydrogen) atoms. The highest BCUT2D eigenvalue weighted by molar-refractivity contribution is 7.80. The Kier molecular flexibility index (Phi) is 5.12. The molecule has 5 nitrogen and oxygen atoms in total. The molecule has 0 aliphatic carbocycles. The molecule has 3 aromatic rings. The van der Waals surface area contributed by atoms with Crippen LogP contribution in [0.25, 0.3) is 10.2 Å². The monoisotopic (exact) mass is 395 g/mol. The normalized spacial score (nSPS) is 10.5. The van der Waals surface area contributed by atoms with E-state index in [2.05, 4.69) is 15.6 Å². The Morgan fingerprint density at radius 3 is 2.84 bits per heavy atom. The average Bonchev–Trinajstić information content (AvgIpc) is 2.94. The highest BCUT2D eigenvalue weighted by atomic mass is 35.5. The summed E-state index contributed by atoms with van der Waals surface area (Å²) in [4.78, 5) is 16.4. The van der Waals surface area contributed by atoms with Crippen molar-refractivity contribution in [1.29, 1.82) is 0 Å². The number of thiazole rings is 1. The molecule has 0 fully saturated rings. The summed E-state index contributed by atoms with van der Waals surface area (Å²) in [6.45, 7) is 0. The Bertz CT molecular complexity index is 977. The molecular weight excluding hydrogens is 385 g/mol. The molecule has 0 radical (unpaired) electrons. The summed E-state index contributed by atoms with van der Waals surface area (Å²) < 4.78 is 19.6. The predicted octanol–water partition coefficient (Wildman–Crippen LogP) is 4.22. The molecule has 2 aromatic carbocycles. The van der Waals surface area contributed by atoms with Crippen LogP contribution in [0.1, 0.15) is 10.4 Å². The maximum Gasteiger partial charge on any atom is 0.260 e. The topological polar surface area (TPSA) is 63.2 Å². The number of ether oxygens (including phenoxy) is 1. The number of halogens is 2. The molecule has 1 heterocycles. The molecule has 3 rings (SSSR count). The van der Waals surface area contributed by atoms with E-state index in [4.69, 9.17) is 28.6 Å². The number of benzene rings is 2. The quantitative estimate of drug-likeness (QED) is 0.650. The number of carbonyl (C=O) groups excluding carboxylic acids is 1. The van der Waals surface area contributed by atoms with Crippen molar-refractivity contribution in [3.63, 3.8) is 0 Å². The number of hydrogen-bond donors (Lipinski definition) is 2. The molecule has 128 valence electrons. The van der Waals surface area contributed by atoms with E-state index in [1.54, 1.807) is 18.2 Å². The van der Waals surface area contributed by atoms with E-state index in [-0.39, 0.29) is 10.7 Å². The number of amides is 1. The van der Waals surface area contributed by atoms with Crippen molar-refractivity contribution in [2.45, 2.75) is 0 Å². The highest BCUT2D eigenvalue weighted by Crippen LogP contribution is 2.34. The second-order valence-corrected chi connectivity index (χ2v) is 6.71. The summed E-state index contributed by atoms with van der Waals surface area (Å²) in [5, 5.41) is 6.17. The molecule has 0 bridgehead atoms. The Morgan fingerprint density at radius 2 is 2.12 bits per heavy atom. The van der Waals surface area contributed by atoms with Gasteiger partial charge in [-0.05, 0) is 30.4 Å². The minimum absolute atomic E-state index is 0.0189. The van der Waals surface area contributed by atoms with Gasteiger partial charge in [-0.1, -0.05) is 35.1 Å². The van der Waals surface area contributed by atoms with Crippen LogP contribution in [0.2, 0.25) is 5.02 Å². The molecule has 0 aliphatic heterocycles. The summed E-state index contributed by atoms with van der Waals surface area (Å²) in [6, 6.07) is 9.09. The van der Waals surface area contributed by atoms with Crippen molar-refractivity contribution in [3.8, 4) is 5.75 Å². The second-order valence-electron chi connectivity index (χ2n) is 4.86. The van der Waals surface area contributed by atoms with E-state index in [1.807, 2.05) is 0 Å². The van der Waals surface area contributed by atoms with E-state index < -0.39 is 11.7 Å². The molecule has 2 N–H and O–H groups in total. The average molecular weight is 396 g/mol. The lowest BCUT2D eigenvalue weighted by atomic mass is 10.2. The summed E-state index contributed by atoms with van der Waals surface area (Å²) in [5.74, 6) is -0.717. The number of rotatable bonds is 3. The second kappa shape index (κ2) is 7.30. The zero-order chi connectivity index (χ0) is 18.0. The van der Waals surface area contributed by atoms with Crippen LogP contribution in [0.4, 0.5) is 9.52 Å². The number of nitrogens with zero attached hydrogens (tertiary/aromatic N) is 1. The number of nitrogens with one attached hydrogen (secondary N) is 2. The number of anilines is 1. The van der Waals surface area contributed by atoms with E-state index in [0.29, 0.717) is 21.4 Å². The Labute approximate surface area is 156 Å². The highest BCUT2D eigenvalue weighted by Gasteiger charge is 2.14. The first kappa shape index (κ1) is 17.5. The molecule has 9 heteroatoms. The van der Waals surface area contributed by atoms with Crippen LogP contribution in [0.3, 0.4) is 0 Å². The first-order chi connectivity index (χ1) is 12.0. The first-order valence-corrected chi connectivity index (χ1v) is 8.59. The minimum atomic E-state index is -0.638. The molecule has 0 spiro atoms. The van der Waals surface area contributed by atoms with Crippen LogP contribution >= 0.6 is 35.2 Å². The van der Waals surface area contributed by atoms with Crippen LogP contribution in [0.5, 0.6) is 5.75 Å². The van der Waals surface area contributed by atoms with Crippen LogP contribution in [0.15, 0.2) is 36.4 Å². The maximum atomic E-state index is 13.6. The van der Waals surface area contributed by atoms with Crippen molar-refractivity contribution in [1.82, 2.24) is 10.3 Å². The molecule has 1 amide bonds. The number of methoxy groups -OCH3 is 1. The fourth-order valence-corrected chi connectivity index (χ4v) is 3.45. The van der Waals surface area contributed by atoms with Gasteiger partial charge in [0.05, 0.1) is 27.9 Å². The summed E-state index contributed by atoms with van der Waals surface area (Å²) >= 11 is 12.5. The van der Waals surface area contributed by atoms with Crippen molar-refractivity contribution in [3.05, 3.63) is 52.8 Å². The van der Waals surface area contributed by atoms with Gasteiger partial charge >= 0.3 is 0 Å². The van der Waals surface area contributed by atoms with Gasteiger partial charge in [-0.2, -0.15) is 0 Å². The maximum absolute atomic E-state index is 13.6.